The van der Waals surface area contributed by atoms with Crippen molar-refractivity contribution in [3.8, 4) is 0 Å². The molecule has 4 heteroatoms. The minimum atomic E-state index is -0.286. The van der Waals surface area contributed by atoms with Crippen molar-refractivity contribution in [3.63, 3.8) is 0 Å². The highest BCUT2D eigenvalue weighted by molar-refractivity contribution is 5.55. The van der Waals surface area contributed by atoms with Gasteiger partial charge < -0.3 is 15.1 Å². The molecule has 0 bridgehead atoms. The minimum absolute atomic E-state index is 0.103. The quantitative estimate of drug-likeness (QED) is 0.815. The van der Waals surface area contributed by atoms with Crippen LogP contribution in [0.3, 0.4) is 0 Å². The summed E-state index contributed by atoms with van der Waals surface area (Å²) in [4.78, 5) is 2.01. The number of anilines is 1. The standard InChI is InChI=1S/C14H20FNO2/c15-13-7-1-4-11(10-18)14(13)16(8-3-9-17)12-5-2-6-12/h1,4,7,12,17-18H,2-3,5-6,8-10H2. The number of rotatable bonds is 6. The second-order valence-electron chi connectivity index (χ2n) is 4.76. The van der Waals surface area contributed by atoms with Crippen LogP contribution in [0, 0.1) is 5.82 Å². The maximum absolute atomic E-state index is 14.0. The molecule has 1 aromatic carbocycles. The van der Waals surface area contributed by atoms with Gasteiger partial charge in [0.25, 0.3) is 0 Å². The van der Waals surface area contributed by atoms with E-state index in [0.29, 0.717) is 30.3 Å². The summed E-state index contributed by atoms with van der Waals surface area (Å²) in [6, 6.07) is 5.15. The van der Waals surface area contributed by atoms with Crippen LogP contribution in [0.2, 0.25) is 0 Å². The van der Waals surface area contributed by atoms with Crippen LogP contribution in [0.5, 0.6) is 0 Å². The van der Waals surface area contributed by atoms with Crippen molar-refractivity contribution in [1.82, 2.24) is 0 Å². The monoisotopic (exact) mass is 253 g/mol. The molecule has 0 aliphatic heterocycles. The van der Waals surface area contributed by atoms with Crippen molar-refractivity contribution < 1.29 is 14.6 Å². The Balaban J connectivity index is 2.28. The second-order valence-corrected chi connectivity index (χ2v) is 4.76. The molecule has 2 N–H and O–H groups in total. The summed E-state index contributed by atoms with van der Waals surface area (Å²) in [6.45, 7) is 0.580. The van der Waals surface area contributed by atoms with Gasteiger partial charge in [0.1, 0.15) is 5.82 Å². The Morgan fingerprint density at radius 3 is 2.61 bits per heavy atom. The smallest absolute Gasteiger partial charge is 0.146 e. The largest absolute Gasteiger partial charge is 0.396 e. The van der Waals surface area contributed by atoms with Gasteiger partial charge in [0.15, 0.2) is 0 Å². The number of hydrogen-bond donors (Lipinski definition) is 2. The van der Waals surface area contributed by atoms with Crippen LogP contribution in [0.4, 0.5) is 10.1 Å². The van der Waals surface area contributed by atoms with Gasteiger partial charge in [0, 0.05) is 24.8 Å². The zero-order valence-electron chi connectivity index (χ0n) is 10.5. The van der Waals surface area contributed by atoms with E-state index in [2.05, 4.69) is 0 Å². The number of aliphatic hydroxyl groups excluding tert-OH is 2. The summed E-state index contributed by atoms with van der Waals surface area (Å²) in [6.07, 6.45) is 3.91. The van der Waals surface area contributed by atoms with E-state index < -0.39 is 0 Å². The first-order valence-electron chi connectivity index (χ1n) is 6.53. The van der Waals surface area contributed by atoms with E-state index in [0.717, 1.165) is 12.8 Å². The van der Waals surface area contributed by atoms with Gasteiger partial charge in [-0.25, -0.2) is 4.39 Å². The summed E-state index contributed by atoms with van der Waals surface area (Å²) >= 11 is 0. The first-order valence-corrected chi connectivity index (χ1v) is 6.53. The number of nitrogens with zero attached hydrogens (tertiary/aromatic N) is 1. The second kappa shape index (κ2) is 6.16. The minimum Gasteiger partial charge on any atom is -0.396 e. The highest BCUT2D eigenvalue weighted by Gasteiger charge is 2.27. The Kier molecular flexibility index (Phi) is 4.55. The van der Waals surface area contributed by atoms with Gasteiger partial charge in [-0.05, 0) is 31.7 Å². The first kappa shape index (κ1) is 13.3. The lowest BCUT2D eigenvalue weighted by atomic mass is 9.90. The van der Waals surface area contributed by atoms with E-state index in [1.54, 1.807) is 12.1 Å². The Labute approximate surface area is 107 Å². The Morgan fingerprint density at radius 1 is 1.28 bits per heavy atom. The molecule has 0 unspecified atom stereocenters. The van der Waals surface area contributed by atoms with Crippen molar-refractivity contribution in [1.29, 1.82) is 0 Å². The van der Waals surface area contributed by atoms with Crippen LogP contribution in [0.1, 0.15) is 31.2 Å². The summed E-state index contributed by atoms with van der Waals surface area (Å²) in [5.41, 5.74) is 1.14. The first-order chi connectivity index (χ1) is 8.77. The average molecular weight is 253 g/mol. The molecule has 0 atom stereocenters. The third kappa shape index (κ3) is 2.65. The van der Waals surface area contributed by atoms with Crippen molar-refractivity contribution in [2.75, 3.05) is 18.1 Å². The maximum atomic E-state index is 14.0. The van der Waals surface area contributed by atoms with E-state index in [-0.39, 0.29) is 19.0 Å². The molecule has 0 radical (unpaired) electrons. The molecule has 0 saturated heterocycles. The number of hydrogen-bond acceptors (Lipinski definition) is 3. The molecule has 0 aromatic heterocycles. The topological polar surface area (TPSA) is 43.7 Å². The van der Waals surface area contributed by atoms with E-state index in [1.807, 2.05) is 4.90 Å². The Morgan fingerprint density at radius 2 is 2.06 bits per heavy atom. The molecule has 1 aromatic rings. The van der Waals surface area contributed by atoms with Crippen LogP contribution in [0.25, 0.3) is 0 Å². The van der Waals surface area contributed by atoms with E-state index in [4.69, 9.17) is 5.11 Å². The fourth-order valence-corrected chi connectivity index (χ4v) is 2.43. The van der Waals surface area contributed by atoms with Gasteiger partial charge >= 0.3 is 0 Å². The third-order valence-corrected chi connectivity index (χ3v) is 3.60. The van der Waals surface area contributed by atoms with Crippen molar-refractivity contribution >= 4 is 5.69 Å². The molecule has 0 spiro atoms. The molecule has 2 rings (SSSR count). The fourth-order valence-electron chi connectivity index (χ4n) is 2.43. The molecular formula is C14H20FNO2. The molecule has 100 valence electrons. The third-order valence-electron chi connectivity index (χ3n) is 3.60. The average Bonchev–Trinajstić information content (AvgIpc) is 2.32. The number of para-hydroxylation sites is 1. The number of halogens is 1. The lowest BCUT2D eigenvalue weighted by Crippen LogP contribution is -2.42. The fraction of sp³-hybridized carbons (Fsp3) is 0.571. The van der Waals surface area contributed by atoms with Crippen LogP contribution in [0.15, 0.2) is 18.2 Å². The summed E-state index contributed by atoms with van der Waals surface area (Å²) in [7, 11) is 0. The van der Waals surface area contributed by atoms with Crippen LogP contribution >= 0.6 is 0 Å². The molecule has 18 heavy (non-hydrogen) atoms. The number of benzene rings is 1. The molecule has 1 saturated carbocycles. The van der Waals surface area contributed by atoms with E-state index >= 15 is 0 Å². The zero-order chi connectivity index (χ0) is 13.0. The molecular weight excluding hydrogens is 233 g/mol. The van der Waals surface area contributed by atoms with Gasteiger partial charge in [0.05, 0.1) is 12.3 Å². The van der Waals surface area contributed by atoms with Crippen molar-refractivity contribution in [3.05, 3.63) is 29.6 Å². The van der Waals surface area contributed by atoms with Gasteiger partial charge in [-0.15, -0.1) is 0 Å². The SMILES string of the molecule is OCCCN(c1c(F)cccc1CO)C1CCC1. The molecule has 1 aliphatic rings. The van der Waals surface area contributed by atoms with Crippen LogP contribution in [-0.2, 0) is 6.61 Å². The Bertz CT molecular complexity index is 393. The molecule has 0 heterocycles. The van der Waals surface area contributed by atoms with Crippen LogP contribution < -0.4 is 4.90 Å². The molecule has 3 nitrogen and oxygen atoms in total. The van der Waals surface area contributed by atoms with Gasteiger partial charge in [-0.1, -0.05) is 12.1 Å². The van der Waals surface area contributed by atoms with Crippen molar-refractivity contribution in [2.45, 2.75) is 38.3 Å². The predicted molar refractivity (Wildman–Crippen MR) is 69.0 cm³/mol. The highest BCUT2D eigenvalue weighted by Crippen LogP contribution is 2.33. The zero-order valence-corrected chi connectivity index (χ0v) is 10.5. The lowest BCUT2D eigenvalue weighted by molar-refractivity contribution is 0.276. The maximum Gasteiger partial charge on any atom is 0.146 e. The van der Waals surface area contributed by atoms with E-state index in [1.165, 1.54) is 12.5 Å². The summed E-state index contributed by atoms with van der Waals surface area (Å²) < 4.78 is 14.0. The van der Waals surface area contributed by atoms with Gasteiger partial charge in [-0.3, -0.25) is 0 Å². The Hall–Kier alpha value is -1.13. The predicted octanol–water partition coefficient (Wildman–Crippen LogP) is 2.06. The number of aliphatic hydroxyl groups is 2. The lowest BCUT2D eigenvalue weighted by Gasteiger charge is -2.40. The molecule has 1 aliphatic carbocycles. The van der Waals surface area contributed by atoms with Crippen molar-refractivity contribution in [2.24, 2.45) is 0 Å². The highest BCUT2D eigenvalue weighted by atomic mass is 19.1. The van der Waals surface area contributed by atoms with Crippen LogP contribution in [-0.4, -0.2) is 29.4 Å². The van der Waals surface area contributed by atoms with E-state index in [9.17, 15) is 9.50 Å². The molecule has 1 fully saturated rings. The summed E-state index contributed by atoms with van der Waals surface area (Å²) in [5, 5.41) is 18.3. The van der Waals surface area contributed by atoms with Gasteiger partial charge in [-0.2, -0.15) is 0 Å². The molecule has 0 amide bonds. The van der Waals surface area contributed by atoms with Gasteiger partial charge in [0.2, 0.25) is 0 Å². The summed E-state index contributed by atoms with van der Waals surface area (Å²) in [5.74, 6) is -0.286. The normalized spacial score (nSPS) is 15.5.